The molecule has 8 heteroatoms. The van der Waals surface area contributed by atoms with Gasteiger partial charge in [-0.1, -0.05) is 35.1 Å². The fourth-order valence-corrected chi connectivity index (χ4v) is 10.6. The normalized spacial score (nSPS) is 34.7. The summed E-state index contributed by atoms with van der Waals surface area (Å²) < 4.78 is 0. The molecule has 0 spiro atoms. The Kier molecular flexibility index (Phi) is 4.03. The van der Waals surface area contributed by atoms with Crippen LogP contribution in [-0.2, 0) is 9.59 Å². The summed E-state index contributed by atoms with van der Waals surface area (Å²) in [6, 6.07) is 11.9. The van der Waals surface area contributed by atoms with Gasteiger partial charge in [-0.15, -0.1) is 23.1 Å². The number of aromatic nitrogens is 1. The molecule has 0 radical (unpaired) electrons. The number of benzene rings is 1. The predicted octanol–water partition coefficient (Wildman–Crippen LogP) is 4.48. The molecule has 2 aromatic heterocycles. The van der Waals surface area contributed by atoms with Crippen molar-refractivity contribution in [3.05, 3.63) is 66.8 Å². The van der Waals surface area contributed by atoms with E-state index in [1.807, 2.05) is 31.2 Å². The van der Waals surface area contributed by atoms with Crippen LogP contribution in [-0.4, -0.2) is 22.0 Å². The summed E-state index contributed by atoms with van der Waals surface area (Å²) in [5.41, 5.74) is 1.79. The topological polar surface area (TPSA) is 70.2 Å². The van der Waals surface area contributed by atoms with E-state index in [9.17, 15) is 14.4 Å². The van der Waals surface area contributed by atoms with Crippen molar-refractivity contribution in [3.63, 3.8) is 0 Å². The summed E-state index contributed by atoms with van der Waals surface area (Å²) in [5, 5.41) is 3.30. The molecule has 2 amide bonds. The molecular formula is C24H20N2O3S3. The van der Waals surface area contributed by atoms with Gasteiger partial charge in [-0.3, -0.25) is 19.3 Å². The number of nitrogens with zero attached hydrogens (tertiary/aromatic N) is 1. The fourth-order valence-electron chi connectivity index (χ4n) is 6.75. The maximum Gasteiger partial charge on any atom is 0.305 e. The van der Waals surface area contributed by atoms with Gasteiger partial charge in [0, 0.05) is 20.9 Å². The number of rotatable bonds is 2. The number of hydrogen-bond donors (Lipinski definition) is 1. The number of hydrogen-bond acceptors (Lipinski definition) is 6. The number of anilines is 1. The van der Waals surface area contributed by atoms with E-state index in [2.05, 4.69) is 22.5 Å². The zero-order valence-corrected chi connectivity index (χ0v) is 19.6. The molecule has 5 nitrogen and oxygen atoms in total. The molecule has 1 N–H and O–H groups in total. The van der Waals surface area contributed by atoms with Crippen LogP contribution in [0.25, 0.3) is 0 Å². The summed E-state index contributed by atoms with van der Waals surface area (Å²) in [7, 11) is 0. The molecule has 2 aliphatic heterocycles. The largest absolute Gasteiger partial charge is 0.307 e. The third kappa shape index (κ3) is 2.43. The van der Waals surface area contributed by atoms with Gasteiger partial charge in [0.05, 0.1) is 22.5 Å². The number of thioether (sulfide) groups is 1. The van der Waals surface area contributed by atoms with Crippen LogP contribution in [0.4, 0.5) is 5.69 Å². The summed E-state index contributed by atoms with van der Waals surface area (Å²) in [6.45, 7) is 2.00. The number of carbonyl (C=O) groups excluding carboxylic acids is 2. The van der Waals surface area contributed by atoms with Crippen molar-refractivity contribution >= 4 is 51.9 Å². The molecule has 1 aromatic carbocycles. The van der Waals surface area contributed by atoms with E-state index < -0.39 is 0 Å². The van der Waals surface area contributed by atoms with E-state index in [1.165, 1.54) is 21.1 Å². The minimum Gasteiger partial charge on any atom is -0.307 e. The molecule has 162 valence electrons. The smallest absolute Gasteiger partial charge is 0.305 e. The quantitative estimate of drug-likeness (QED) is 0.549. The fraction of sp³-hybridized carbons (Fsp3) is 0.375. The molecule has 3 fully saturated rings. The Morgan fingerprint density at radius 2 is 1.75 bits per heavy atom. The highest BCUT2D eigenvalue weighted by atomic mass is 32.2. The van der Waals surface area contributed by atoms with Crippen molar-refractivity contribution in [3.8, 4) is 0 Å². The average Bonchev–Trinajstić information content (AvgIpc) is 3.57. The molecule has 2 bridgehead atoms. The highest BCUT2D eigenvalue weighted by molar-refractivity contribution is 8.00. The Balaban J connectivity index is 1.32. The number of fused-ring (bicyclic) bond motifs is 9. The second-order valence-corrected chi connectivity index (χ2v) is 12.5. The van der Waals surface area contributed by atoms with E-state index in [0.29, 0.717) is 5.69 Å². The van der Waals surface area contributed by atoms with Crippen LogP contribution < -0.4 is 9.77 Å². The van der Waals surface area contributed by atoms with Crippen LogP contribution in [0.15, 0.2) is 51.6 Å². The predicted molar refractivity (Wildman–Crippen MR) is 126 cm³/mol. The van der Waals surface area contributed by atoms with Crippen LogP contribution in [0, 0.1) is 36.5 Å². The first-order chi connectivity index (χ1) is 15.5. The van der Waals surface area contributed by atoms with E-state index in [1.54, 1.807) is 23.1 Å². The molecule has 4 heterocycles. The van der Waals surface area contributed by atoms with Gasteiger partial charge in [-0.2, -0.15) is 0 Å². The van der Waals surface area contributed by atoms with Crippen molar-refractivity contribution in [2.24, 2.45) is 29.6 Å². The Morgan fingerprint density at radius 3 is 2.47 bits per heavy atom. The maximum absolute atomic E-state index is 13.6. The van der Waals surface area contributed by atoms with Crippen molar-refractivity contribution in [2.45, 2.75) is 29.5 Å². The lowest BCUT2D eigenvalue weighted by Gasteiger charge is -2.42. The SMILES string of the molecule is Cc1ccc(N2C(=O)C3C(C2=O)[C@@H]2C[C@H]3C3Sc4[nH]c(=O)sc4C(c4cccs4)C32)cc1. The Hall–Kier alpha value is -2.16. The zero-order chi connectivity index (χ0) is 21.7. The average molecular weight is 481 g/mol. The van der Waals surface area contributed by atoms with Crippen LogP contribution in [0.3, 0.4) is 0 Å². The van der Waals surface area contributed by atoms with Gasteiger partial charge < -0.3 is 4.98 Å². The Bertz CT molecular complexity index is 1310. The minimum absolute atomic E-state index is 0.0192. The van der Waals surface area contributed by atoms with Gasteiger partial charge in [-0.25, -0.2) is 0 Å². The van der Waals surface area contributed by atoms with Gasteiger partial charge in [0.15, 0.2) is 0 Å². The number of thiophene rings is 1. The van der Waals surface area contributed by atoms with Gasteiger partial charge in [0.25, 0.3) is 0 Å². The Labute approximate surface area is 196 Å². The number of thiazole rings is 1. The first kappa shape index (κ1) is 19.3. The van der Waals surface area contributed by atoms with Crippen molar-refractivity contribution in [1.29, 1.82) is 0 Å². The van der Waals surface area contributed by atoms with Gasteiger partial charge in [0.2, 0.25) is 11.8 Å². The van der Waals surface area contributed by atoms with E-state index in [4.69, 9.17) is 0 Å². The highest BCUT2D eigenvalue weighted by Gasteiger charge is 2.69. The summed E-state index contributed by atoms with van der Waals surface area (Å²) in [5.74, 6) is 0.211. The molecule has 1 saturated heterocycles. The monoisotopic (exact) mass is 480 g/mol. The second kappa shape index (κ2) is 6.68. The summed E-state index contributed by atoms with van der Waals surface area (Å²) >= 11 is 4.77. The lowest BCUT2D eigenvalue weighted by molar-refractivity contribution is -0.123. The van der Waals surface area contributed by atoms with Crippen molar-refractivity contribution in [2.75, 3.05) is 4.90 Å². The van der Waals surface area contributed by atoms with Crippen LogP contribution in [0.5, 0.6) is 0 Å². The lowest BCUT2D eigenvalue weighted by Crippen LogP contribution is -2.42. The molecule has 32 heavy (non-hydrogen) atoms. The Morgan fingerprint density at radius 1 is 1.00 bits per heavy atom. The molecule has 2 saturated carbocycles. The van der Waals surface area contributed by atoms with E-state index in [0.717, 1.165) is 21.9 Å². The van der Waals surface area contributed by atoms with Crippen LogP contribution in [0.1, 0.15) is 27.7 Å². The molecule has 7 rings (SSSR count). The van der Waals surface area contributed by atoms with Gasteiger partial charge in [-0.05, 0) is 54.7 Å². The number of aryl methyl sites for hydroxylation is 1. The number of aromatic amines is 1. The maximum atomic E-state index is 13.6. The molecule has 2 aliphatic carbocycles. The zero-order valence-electron chi connectivity index (χ0n) is 17.2. The third-order valence-corrected chi connectivity index (χ3v) is 11.4. The van der Waals surface area contributed by atoms with Gasteiger partial charge in [0.1, 0.15) is 0 Å². The van der Waals surface area contributed by atoms with Crippen LogP contribution in [0.2, 0.25) is 0 Å². The number of imide groups is 1. The molecule has 5 unspecified atom stereocenters. The highest BCUT2D eigenvalue weighted by Crippen LogP contribution is 2.68. The van der Waals surface area contributed by atoms with Gasteiger partial charge >= 0.3 is 4.87 Å². The summed E-state index contributed by atoms with van der Waals surface area (Å²) in [6.07, 6.45) is 0.929. The molecular weight excluding hydrogens is 460 g/mol. The number of nitrogens with one attached hydrogen (secondary N) is 1. The first-order valence-corrected chi connectivity index (χ1v) is 13.5. The van der Waals surface area contributed by atoms with Crippen LogP contribution >= 0.6 is 34.4 Å². The number of carbonyl (C=O) groups is 2. The lowest BCUT2D eigenvalue weighted by atomic mass is 9.69. The van der Waals surface area contributed by atoms with E-state index in [-0.39, 0.29) is 57.4 Å². The minimum atomic E-state index is -0.240. The molecule has 4 aliphatic rings. The summed E-state index contributed by atoms with van der Waals surface area (Å²) in [4.78, 5) is 46.3. The third-order valence-electron chi connectivity index (χ3n) is 7.87. The number of amides is 2. The molecule has 7 atom stereocenters. The van der Waals surface area contributed by atoms with Crippen molar-refractivity contribution < 1.29 is 9.59 Å². The first-order valence-electron chi connectivity index (χ1n) is 10.9. The van der Waals surface area contributed by atoms with Crippen molar-refractivity contribution in [1.82, 2.24) is 4.98 Å². The standard InChI is InChI=1S/C24H20N2O3S3/c1-10-4-6-11(7-5-10)26-22(27)16-12-9-13(17(16)23(26)28)19-15(12)18(14-3-2-8-30-14)20-21(31-19)25-24(29)32-20/h2-8,12-13,15-19H,9H2,1H3,(H,25,29)/t12-,13-,15?,16?,17?,18?,19?/m1/s1. The molecule has 3 aromatic rings. The van der Waals surface area contributed by atoms with E-state index >= 15 is 0 Å². The second-order valence-electron chi connectivity index (χ2n) is 9.32. The number of H-pyrrole nitrogens is 1.